The number of ketones is 1. The van der Waals surface area contributed by atoms with E-state index in [4.69, 9.17) is 0 Å². The van der Waals surface area contributed by atoms with E-state index in [1.54, 1.807) is 13.0 Å². The quantitative estimate of drug-likeness (QED) is 0.874. The smallest absolute Gasteiger partial charge is 0.359 e. The molecule has 5 heteroatoms. The fourth-order valence-electron chi connectivity index (χ4n) is 1.85. The van der Waals surface area contributed by atoms with Crippen LogP contribution in [0.25, 0.3) is 0 Å². The molecular formula is C13H12F3NO. The van der Waals surface area contributed by atoms with Crippen LogP contribution < -0.4 is 5.32 Å². The van der Waals surface area contributed by atoms with Gasteiger partial charge < -0.3 is 5.32 Å². The predicted molar refractivity (Wildman–Crippen MR) is 61.9 cm³/mol. The Labute approximate surface area is 102 Å². The second-order valence-electron chi connectivity index (χ2n) is 4.38. The topological polar surface area (TPSA) is 29.1 Å². The van der Waals surface area contributed by atoms with Crippen molar-refractivity contribution in [2.24, 2.45) is 5.92 Å². The highest BCUT2D eigenvalue weighted by atomic mass is 19.4. The third-order valence-corrected chi connectivity index (χ3v) is 2.82. The number of halogens is 3. The molecule has 0 amide bonds. The van der Waals surface area contributed by atoms with Crippen molar-refractivity contribution in [2.45, 2.75) is 19.5 Å². The average molecular weight is 255 g/mol. The number of carbonyl (C=O) groups is 1. The van der Waals surface area contributed by atoms with Crippen molar-refractivity contribution >= 4 is 11.5 Å². The summed E-state index contributed by atoms with van der Waals surface area (Å²) in [5.41, 5.74) is 0.301. The van der Waals surface area contributed by atoms with Crippen LogP contribution in [0, 0.1) is 5.92 Å². The highest BCUT2D eigenvalue weighted by Gasteiger charge is 2.30. The van der Waals surface area contributed by atoms with Crippen molar-refractivity contribution in [1.82, 2.24) is 0 Å². The molecule has 1 atom stereocenters. The van der Waals surface area contributed by atoms with Crippen molar-refractivity contribution in [1.29, 1.82) is 0 Å². The second kappa shape index (κ2) is 4.48. The fraction of sp³-hybridized carbons (Fsp3) is 0.308. The van der Waals surface area contributed by atoms with E-state index in [2.05, 4.69) is 5.32 Å². The van der Waals surface area contributed by atoms with Gasteiger partial charge in [-0.2, -0.15) is 13.2 Å². The van der Waals surface area contributed by atoms with Gasteiger partial charge in [-0.05, 0) is 24.6 Å². The number of benzene rings is 1. The summed E-state index contributed by atoms with van der Waals surface area (Å²) in [5.74, 6) is -0.0947. The van der Waals surface area contributed by atoms with Crippen LogP contribution in [0.5, 0.6) is 0 Å². The minimum Gasteiger partial charge on any atom is -0.359 e. The van der Waals surface area contributed by atoms with Gasteiger partial charge in [-0.1, -0.05) is 13.0 Å². The molecule has 1 aliphatic carbocycles. The first-order chi connectivity index (χ1) is 8.36. The Morgan fingerprint density at radius 2 is 2.06 bits per heavy atom. The van der Waals surface area contributed by atoms with Crippen LogP contribution in [0.1, 0.15) is 18.9 Å². The van der Waals surface area contributed by atoms with E-state index in [1.807, 2.05) is 0 Å². The molecule has 0 heterocycles. The minimum absolute atomic E-state index is 0.00414. The lowest BCUT2D eigenvalue weighted by Crippen LogP contribution is -2.06. The van der Waals surface area contributed by atoms with Crippen LogP contribution in [0.15, 0.2) is 36.0 Å². The average Bonchev–Trinajstić information content (AvgIpc) is 2.57. The van der Waals surface area contributed by atoms with E-state index in [0.29, 0.717) is 17.8 Å². The van der Waals surface area contributed by atoms with E-state index in [-0.39, 0.29) is 11.7 Å². The van der Waals surface area contributed by atoms with E-state index in [9.17, 15) is 18.0 Å². The van der Waals surface area contributed by atoms with Gasteiger partial charge in [-0.3, -0.25) is 4.79 Å². The molecule has 0 fully saturated rings. The zero-order chi connectivity index (χ0) is 13.3. The van der Waals surface area contributed by atoms with Gasteiger partial charge in [0.2, 0.25) is 0 Å². The molecule has 0 bridgehead atoms. The van der Waals surface area contributed by atoms with Gasteiger partial charge in [0.05, 0.1) is 5.56 Å². The number of hydrogen-bond acceptors (Lipinski definition) is 2. The highest BCUT2D eigenvalue weighted by Crippen LogP contribution is 2.31. The van der Waals surface area contributed by atoms with E-state index in [1.165, 1.54) is 12.1 Å². The van der Waals surface area contributed by atoms with Crippen molar-refractivity contribution in [3.8, 4) is 0 Å². The Balaban J connectivity index is 2.16. The molecule has 0 spiro atoms. The third-order valence-electron chi connectivity index (χ3n) is 2.82. The largest absolute Gasteiger partial charge is 0.416 e. The van der Waals surface area contributed by atoms with Crippen LogP contribution in [0.4, 0.5) is 18.9 Å². The third kappa shape index (κ3) is 2.72. The molecule has 1 unspecified atom stereocenters. The molecule has 2 nitrogen and oxygen atoms in total. The molecule has 96 valence electrons. The summed E-state index contributed by atoms with van der Waals surface area (Å²) in [6.07, 6.45) is -2.37. The van der Waals surface area contributed by atoms with Gasteiger partial charge in [0.1, 0.15) is 0 Å². The standard InChI is InChI=1S/C13H12F3NO/c1-8-5-11(7-12(8)18)17-10-4-2-3-9(6-10)13(14,15)16/h2-4,6-8,17H,5H2,1H3. The molecule has 1 aromatic rings. The van der Waals surface area contributed by atoms with Gasteiger partial charge in [0.15, 0.2) is 5.78 Å². The predicted octanol–water partition coefficient (Wildman–Crippen LogP) is 3.61. The van der Waals surface area contributed by atoms with Gasteiger partial charge in [0.25, 0.3) is 0 Å². The monoisotopic (exact) mass is 255 g/mol. The maximum atomic E-state index is 12.5. The molecule has 0 aromatic heterocycles. The first-order valence-corrected chi connectivity index (χ1v) is 5.55. The van der Waals surface area contributed by atoms with Crippen LogP contribution in [-0.4, -0.2) is 5.78 Å². The normalized spacial score (nSPS) is 19.9. The van der Waals surface area contributed by atoms with Crippen LogP contribution in [0.3, 0.4) is 0 Å². The van der Waals surface area contributed by atoms with Crippen molar-refractivity contribution < 1.29 is 18.0 Å². The summed E-state index contributed by atoms with van der Waals surface area (Å²) >= 11 is 0. The van der Waals surface area contributed by atoms with Gasteiger partial charge in [-0.15, -0.1) is 0 Å². The summed E-state index contributed by atoms with van der Waals surface area (Å²) in [6.45, 7) is 1.79. The summed E-state index contributed by atoms with van der Waals surface area (Å²) < 4.78 is 37.5. The Morgan fingerprint density at radius 1 is 1.33 bits per heavy atom. The van der Waals surface area contributed by atoms with Crippen molar-refractivity contribution in [3.05, 3.63) is 41.6 Å². The van der Waals surface area contributed by atoms with E-state index in [0.717, 1.165) is 12.1 Å². The second-order valence-corrected chi connectivity index (χ2v) is 4.38. The SMILES string of the molecule is CC1CC(Nc2cccc(C(F)(F)F)c2)=CC1=O. The maximum Gasteiger partial charge on any atom is 0.416 e. The fourth-order valence-corrected chi connectivity index (χ4v) is 1.85. The lowest BCUT2D eigenvalue weighted by molar-refractivity contribution is -0.137. The Morgan fingerprint density at radius 3 is 2.61 bits per heavy atom. The summed E-state index contributed by atoms with van der Waals surface area (Å²) in [7, 11) is 0. The molecule has 2 rings (SSSR count). The number of nitrogens with one attached hydrogen (secondary N) is 1. The highest BCUT2D eigenvalue weighted by molar-refractivity contribution is 5.95. The summed E-state index contributed by atoms with van der Waals surface area (Å²) in [5, 5.41) is 2.85. The number of allylic oxidation sites excluding steroid dienone is 2. The zero-order valence-electron chi connectivity index (χ0n) is 9.71. The molecule has 1 aromatic carbocycles. The number of alkyl halides is 3. The maximum absolute atomic E-state index is 12.5. The Hall–Kier alpha value is -1.78. The Bertz CT molecular complexity index is 505. The number of rotatable bonds is 2. The first kappa shape index (κ1) is 12.7. The summed E-state index contributed by atoms with van der Waals surface area (Å²) in [6, 6.07) is 4.94. The van der Waals surface area contributed by atoms with Crippen molar-refractivity contribution in [3.63, 3.8) is 0 Å². The van der Waals surface area contributed by atoms with Crippen LogP contribution >= 0.6 is 0 Å². The van der Waals surface area contributed by atoms with E-state index < -0.39 is 11.7 Å². The molecule has 1 N–H and O–H groups in total. The molecule has 0 aliphatic heterocycles. The molecule has 1 aliphatic rings. The molecule has 0 radical (unpaired) electrons. The van der Waals surface area contributed by atoms with E-state index >= 15 is 0 Å². The lowest BCUT2D eigenvalue weighted by Gasteiger charge is -2.11. The van der Waals surface area contributed by atoms with Crippen molar-refractivity contribution in [2.75, 3.05) is 5.32 Å². The Kier molecular flexibility index (Phi) is 3.15. The number of carbonyl (C=O) groups excluding carboxylic acids is 1. The zero-order valence-corrected chi connectivity index (χ0v) is 9.71. The van der Waals surface area contributed by atoms with Crippen LogP contribution in [-0.2, 0) is 11.0 Å². The number of hydrogen-bond donors (Lipinski definition) is 1. The molecular weight excluding hydrogens is 243 g/mol. The molecule has 0 saturated heterocycles. The minimum atomic E-state index is -4.36. The lowest BCUT2D eigenvalue weighted by atomic mass is 10.1. The first-order valence-electron chi connectivity index (χ1n) is 5.55. The van der Waals surface area contributed by atoms with Crippen LogP contribution in [0.2, 0.25) is 0 Å². The molecule has 18 heavy (non-hydrogen) atoms. The van der Waals surface area contributed by atoms with Gasteiger partial charge in [-0.25, -0.2) is 0 Å². The molecule has 0 saturated carbocycles. The van der Waals surface area contributed by atoms with Gasteiger partial charge in [0, 0.05) is 23.4 Å². The van der Waals surface area contributed by atoms with Gasteiger partial charge >= 0.3 is 6.18 Å². The number of anilines is 1. The summed E-state index contributed by atoms with van der Waals surface area (Å²) in [4.78, 5) is 11.3.